The molecule has 1 nitrogen and oxygen atoms in total. The molecule has 0 rings (SSSR count). The van der Waals surface area contributed by atoms with E-state index in [1.807, 2.05) is 0 Å². The molecule has 0 spiro atoms. The Balaban J connectivity index is 4.67. The maximum atomic E-state index is 6.56. The molecule has 0 saturated heterocycles. The van der Waals surface area contributed by atoms with Gasteiger partial charge in [-0.3, -0.25) is 0 Å². The van der Waals surface area contributed by atoms with Crippen molar-refractivity contribution in [3.63, 3.8) is 0 Å². The van der Waals surface area contributed by atoms with Crippen molar-refractivity contribution in [1.29, 1.82) is 0 Å². The summed E-state index contributed by atoms with van der Waals surface area (Å²) in [6, 6.07) is 0. The lowest BCUT2D eigenvalue weighted by Crippen LogP contribution is -2.47. The van der Waals surface area contributed by atoms with Crippen LogP contribution in [0.3, 0.4) is 0 Å². The van der Waals surface area contributed by atoms with Gasteiger partial charge in [0, 0.05) is 0 Å². The van der Waals surface area contributed by atoms with Gasteiger partial charge in [0.25, 0.3) is 0 Å². The van der Waals surface area contributed by atoms with Gasteiger partial charge >= 0.3 is 0 Å². The third-order valence-electron chi connectivity index (χ3n) is 4.56. The molecular formula is C19H38OSi. The van der Waals surface area contributed by atoms with E-state index >= 15 is 0 Å². The van der Waals surface area contributed by atoms with E-state index < -0.39 is 8.32 Å². The average Bonchev–Trinajstić information content (AvgIpc) is 2.32. The van der Waals surface area contributed by atoms with Crippen LogP contribution in [0.1, 0.15) is 75.2 Å². The van der Waals surface area contributed by atoms with E-state index in [1.165, 1.54) is 11.1 Å². The SMILES string of the molecule is CC(C)=CCC/C(C)=C/CO[Si](C(C)C)(C(C)C)C(C)C. The van der Waals surface area contributed by atoms with Crippen molar-refractivity contribution in [1.82, 2.24) is 0 Å². The highest BCUT2D eigenvalue weighted by molar-refractivity contribution is 6.77. The Labute approximate surface area is 135 Å². The largest absolute Gasteiger partial charge is 0.412 e. The fraction of sp³-hybridized carbons (Fsp3) is 0.789. The second kappa shape index (κ2) is 9.63. The molecule has 0 unspecified atom stereocenters. The molecule has 0 heterocycles. The van der Waals surface area contributed by atoms with Crippen molar-refractivity contribution < 1.29 is 4.43 Å². The van der Waals surface area contributed by atoms with Crippen LogP contribution in [0.2, 0.25) is 16.6 Å². The maximum absolute atomic E-state index is 6.56. The Kier molecular flexibility index (Phi) is 9.47. The molecule has 0 saturated carbocycles. The van der Waals surface area contributed by atoms with Crippen molar-refractivity contribution in [2.24, 2.45) is 0 Å². The van der Waals surface area contributed by atoms with Crippen LogP contribution in [-0.4, -0.2) is 14.9 Å². The zero-order valence-corrected chi connectivity index (χ0v) is 16.9. The van der Waals surface area contributed by atoms with Gasteiger partial charge in [0.15, 0.2) is 0 Å². The van der Waals surface area contributed by atoms with Crippen molar-refractivity contribution >= 4 is 8.32 Å². The fourth-order valence-corrected chi connectivity index (χ4v) is 8.89. The highest BCUT2D eigenvalue weighted by atomic mass is 28.4. The van der Waals surface area contributed by atoms with E-state index in [1.54, 1.807) is 0 Å². The minimum Gasteiger partial charge on any atom is -0.412 e. The zero-order chi connectivity index (χ0) is 16.6. The molecule has 0 atom stereocenters. The summed E-state index contributed by atoms with van der Waals surface area (Å²) < 4.78 is 6.56. The number of rotatable bonds is 9. The van der Waals surface area contributed by atoms with E-state index in [0.717, 1.165) is 19.4 Å². The Morgan fingerprint density at radius 3 is 1.71 bits per heavy atom. The summed E-state index contributed by atoms with van der Waals surface area (Å²) in [5, 5.41) is 0. The van der Waals surface area contributed by atoms with Gasteiger partial charge in [-0.05, 0) is 50.2 Å². The smallest absolute Gasteiger partial charge is 0.200 e. The van der Waals surface area contributed by atoms with Crippen LogP contribution in [0.4, 0.5) is 0 Å². The Morgan fingerprint density at radius 2 is 1.33 bits per heavy atom. The minimum absolute atomic E-state index is 0.664. The second-order valence-corrected chi connectivity index (χ2v) is 13.0. The Bertz CT molecular complexity index is 325. The first-order valence-corrected chi connectivity index (χ1v) is 10.7. The van der Waals surface area contributed by atoms with Gasteiger partial charge in [-0.15, -0.1) is 0 Å². The molecule has 0 fully saturated rings. The van der Waals surface area contributed by atoms with Crippen molar-refractivity contribution in [2.75, 3.05) is 6.61 Å². The summed E-state index contributed by atoms with van der Waals surface area (Å²) >= 11 is 0. The first-order chi connectivity index (χ1) is 9.64. The van der Waals surface area contributed by atoms with Crippen molar-refractivity contribution in [2.45, 2.75) is 91.8 Å². The fourth-order valence-electron chi connectivity index (χ4n) is 3.52. The monoisotopic (exact) mass is 310 g/mol. The molecule has 124 valence electrons. The molecule has 21 heavy (non-hydrogen) atoms. The van der Waals surface area contributed by atoms with Crippen LogP contribution in [-0.2, 0) is 4.43 Å². The quantitative estimate of drug-likeness (QED) is 0.333. The number of allylic oxidation sites excluding steroid dienone is 3. The first-order valence-electron chi connectivity index (χ1n) is 8.57. The summed E-state index contributed by atoms with van der Waals surface area (Å²) in [6.07, 6.45) is 6.90. The van der Waals surface area contributed by atoms with Gasteiger partial charge in [0.1, 0.15) is 0 Å². The summed E-state index contributed by atoms with van der Waals surface area (Å²) in [5.41, 5.74) is 4.85. The predicted molar refractivity (Wildman–Crippen MR) is 99.4 cm³/mol. The zero-order valence-electron chi connectivity index (χ0n) is 15.9. The lowest BCUT2D eigenvalue weighted by Gasteiger charge is -2.42. The molecule has 2 heteroatoms. The highest BCUT2D eigenvalue weighted by Gasteiger charge is 2.44. The molecule has 0 bridgehead atoms. The van der Waals surface area contributed by atoms with Gasteiger partial charge in [-0.1, -0.05) is 64.8 Å². The average molecular weight is 311 g/mol. The van der Waals surface area contributed by atoms with Crippen LogP contribution in [0.15, 0.2) is 23.3 Å². The van der Waals surface area contributed by atoms with Crippen LogP contribution >= 0.6 is 0 Å². The summed E-state index contributed by atoms with van der Waals surface area (Å²) in [5.74, 6) is 0. The topological polar surface area (TPSA) is 9.23 Å². The van der Waals surface area contributed by atoms with Crippen LogP contribution in [0.5, 0.6) is 0 Å². The van der Waals surface area contributed by atoms with Crippen molar-refractivity contribution in [3.05, 3.63) is 23.3 Å². The molecule has 0 aromatic heterocycles. The second-order valence-electron chi connectivity index (χ2n) is 7.50. The van der Waals surface area contributed by atoms with Crippen LogP contribution in [0.25, 0.3) is 0 Å². The molecule has 0 aromatic rings. The normalized spacial score (nSPS) is 13.4. The highest BCUT2D eigenvalue weighted by Crippen LogP contribution is 2.42. The van der Waals surface area contributed by atoms with E-state index in [0.29, 0.717) is 16.6 Å². The molecule has 0 radical (unpaired) electrons. The standard InChI is InChI=1S/C19H38OSi/c1-15(2)11-10-12-19(9)13-14-20-21(16(3)4,17(5)6)18(7)8/h11,13,16-18H,10,12,14H2,1-9H3/b19-13+. The molecule has 0 aliphatic heterocycles. The third-order valence-corrected chi connectivity index (χ3v) is 10.6. The molecule has 0 aliphatic rings. The summed E-state index contributed by atoms with van der Waals surface area (Å²) in [4.78, 5) is 0. The predicted octanol–water partition coefficient (Wildman–Crippen LogP) is 6.87. The number of hydrogen-bond acceptors (Lipinski definition) is 1. The number of hydrogen-bond donors (Lipinski definition) is 0. The van der Waals surface area contributed by atoms with E-state index in [-0.39, 0.29) is 0 Å². The van der Waals surface area contributed by atoms with Gasteiger partial charge in [0.05, 0.1) is 6.61 Å². The molecular weight excluding hydrogens is 272 g/mol. The van der Waals surface area contributed by atoms with Gasteiger partial charge in [-0.2, -0.15) is 0 Å². The van der Waals surface area contributed by atoms with Crippen LogP contribution < -0.4 is 0 Å². The molecule has 0 N–H and O–H groups in total. The van der Waals surface area contributed by atoms with E-state index in [9.17, 15) is 0 Å². The molecule has 0 aromatic carbocycles. The van der Waals surface area contributed by atoms with E-state index in [4.69, 9.17) is 4.43 Å². The maximum Gasteiger partial charge on any atom is 0.200 e. The Morgan fingerprint density at radius 1 is 0.857 bits per heavy atom. The Hall–Kier alpha value is -0.343. The lowest BCUT2D eigenvalue weighted by atomic mass is 10.1. The van der Waals surface area contributed by atoms with Crippen molar-refractivity contribution in [3.8, 4) is 0 Å². The third kappa shape index (κ3) is 6.52. The van der Waals surface area contributed by atoms with Crippen LogP contribution in [0, 0.1) is 0 Å². The minimum atomic E-state index is -1.70. The van der Waals surface area contributed by atoms with Gasteiger partial charge in [0.2, 0.25) is 8.32 Å². The summed E-state index contributed by atoms with van der Waals surface area (Å²) in [6.45, 7) is 21.4. The molecule has 0 aliphatic carbocycles. The summed E-state index contributed by atoms with van der Waals surface area (Å²) in [7, 11) is -1.70. The molecule has 0 amide bonds. The van der Waals surface area contributed by atoms with E-state index in [2.05, 4.69) is 74.5 Å². The van der Waals surface area contributed by atoms with Gasteiger partial charge < -0.3 is 4.43 Å². The lowest BCUT2D eigenvalue weighted by molar-refractivity contribution is 0.315. The first kappa shape index (κ1) is 20.7. The van der Waals surface area contributed by atoms with Gasteiger partial charge in [-0.25, -0.2) is 0 Å².